The van der Waals surface area contributed by atoms with E-state index in [-0.39, 0.29) is 12.2 Å². The van der Waals surface area contributed by atoms with Gasteiger partial charge in [0.15, 0.2) is 0 Å². The van der Waals surface area contributed by atoms with Gasteiger partial charge in [-0.3, -0.25) is 0 Å². The van der Waals surface area contributed by atoms with Crippen LogP contribution in [0.3, 0.4) is 0 Å². The van der Waals surface area contributed by atoms with Crippen LogP contribution < -0.4 is 5.73 Å². The minimum atomic E-state index is 0.0682. The molecule has 74 valence electrons. The monoisotopic (exact) mass is 199 g/mol. The van der Waals surface area contributed by atoms with Crippen LogP contribution >= 0.6 is 11.3 Å². The summed E-state index contributed by atoms with van der Waals surface area (Å²) in [7, 11) is 0. The summed E-state index contributed by atoms with van der Waals surface area (Å²) in [4.78, 5) is 2.54. The number of ether oxygens (including phenoxy) is 1. The van der Waals surface area contributed by atoms with E-state index >= 15 is 0 Å². The maximum absolute atomic E-state index is 5.68. The third-order valence-electron chi connectivity index (χ3n) is 1.73. The summed E-state index contributed by atoms with van der Waals surface area (Å²) < 4.78 is 5.68. The molecular formula is C10H17NOS. The number of hydrogen-bond acceptors (Lipinski definition) is 3. The third kappa shape index (κ3) is 3.10. The summed E-state index contributed by atoms with van der Waals surface area (Å²) >= 11 is 1.76. The first-order valence-electron chi connectivity index (χ1n) is 4.55. The topological polar surface area (TPSA) is 35.2 Å². The van der Waals surface area contributed by atoms with Gasteiger partial charge in [0.25, 0.3) is 0 Å². The molecule has 0 fully saturated rings. The van der Waals surface area contributed by atoms with Gasteiger partial charge in [-0.25, -0.2) is 0 Å². The highest BCUT2D eigenvalue weighted by molar-refractivity contribution is 7.12. The molecule has 1 heterocycles. The van der Waals surface area contributed by atoms with Gasteiger partial charge >= 0.3 is 0 Å². The van der Waals surface area contributed by atoms with Crippen molar-refractivity contribution < 1.29 is 4.74 Å². The van der Waals surface area contributed by atoms with Crippen molar-refractivity contribution in [2.24, 2.45) is 5.73 Å². The Balaban J connectivity index is 2.66. The highest BCUT2D eigenvalue weighted by Crippen LogP contribution is 2.25. The van der Waals surface area contributed by atoms with Crippen molar-refractivity contribution in [1.29, 1.82) is 0 Å². The van der Waals surface area contributed by atoms with E-state index in [1.807, 2.05) is 13.8 Å². The van der Waals surface area contributed by atoms with Crippen molar-refractivity contribution in [2.75, 3.05) is 6.54 Å². The molecule has 0 aromatic carbocycles. The average molecular weight is 199 g/mol. The van der Waals surface area contributed by atoms with Crippen LogP contribution in [0.2, 0.25) is 0 Å². The van der Waals surface area contributed by atoms with Gasteiger partial charge in [-0.2, -0.15) is 0 Å². The molecule has 2 nitrogen and oxygen atoms in total. The van der Waals surface area contributed by atoms with Crippen molar-refractivity contribution in [2.45, 2.75) is 33.0 Å². The maximum Gasteiger partial charge on any atom is 0.104 e. The highest BCUT2D eigenvalue weighted by atomic mass is 32.1. The van der Waals surface area contributed by atoms with Crippen molar-refractivity contribution in [3.05, 3.63) is 21.9 Å². The molecular weight excluding hydrogens is 182 g/mol. The van der Waals surface area contributed by atoms with Crippen LogP contribution in [0.4, 0.5) is 0 Å². The first-order valence-corrected chi connectivity index (χ1v) is 5.37. The zero-order chi connectivity index (χ0) is 9.84. The van der Waals surface area contributed by atoms with Crippen molar-refractivity contribution in [1.82, 2.24) is 0 Å². The molecule has 0 bridgehead atoms. The summed E-state index contributed by atoms with van der Waals surface area (Å²) in [6.07, 6.45) is 0.301. The molecule has 1 unspecified atom stereocenters. The van der Waals surface area contributed by atoms with E-state index in [0.717, 1.165) is 0 Å². The standard InChI is InChI=1S/C10H17NOS/c1-7(2)12-9(6-11)10-5-4-8(3)13-10/h4-5,7,9H,6,11H2,1-3H3. The fourth-order valence-electron chi connectivity index (χ4n) is 1.19. The number of aryl methyl sites for hydroxylation is 1. The lowest BCUT2D eigenvalue weighted by Crippen LogP contribution is -2.18. The number of rotatable bonds is 4. The first kappa shape index (κ1) is 10.7. The first-order chi connectivity index (χ1) is 6.13. The average Bonchev–Trinajstić information content (AvgIpc) is 2.47. The van der Waals surface area contributed by atoms with Gasteiger partial charge in [0.05, 0.1) is 6.10 Å². The molecule has 0 saturated carbocycles. The van der Waals surface area contributed by atoms with Crippen LogP contribution in [0.15, 0.2) is 12.1 Å². The Morgan fingerprint density at radius 2 is 2.15 bits per heavy atom. The largest absolute Gasteiger partial charge is 0.369 e. The van der Waals surface area contributed by atoms with Gasteiger partial charge in [0.2, 0.25) is 0 Å². The van der Waals surface area contributed by atoms with E-state index in [1.54, 1.807) is 11.3 Å². The van der Waals surface area contributed by atoms with E-state index in [0.29, 0.717) is 6.54 Å². The second kappa shape index (κ2) is 4.74. The molecule has 0 radical (unpaired) electrons. The normalized spacial score (nSPS) is 13.6. The predicted molar refractivity (Wildman–Crippen MR) is 57.1 cm³/mol. The van der Waals surface area contributed by atoms with E-state index in [9.17, 15) is 0 Å². The van der Waals surface area contributed by atoms with Crippen LogP contribution in [-0.4, -0.2) is 12.6 Å². The van der Waals surface area contributed by atoms with Crippen LogP contribution in [0, 0.1) is 6.92 Å². The number of hydrogen-bond donors (Lipinski definition) is 1. The Morgan fingerprint density at radius 1 is 1.46 bits per heavy atom. The molecule has 0 aliphatic rings. The minimum Gasteiger partial charge on any atom is -0.369 e. The third-order valence-corrected chi connectivity index (χ3v) is 2.82. The fraction of sp³-hybridized carbons (Fsp3) is 0.600. The van der Waals surface area contributed by atoms with E-state index in [4.69, 9.17) is 10.5 Å². The summed E-state index contributed by atoms with van der Waals surface area (Å²) in [6.45, 7) is 6.71. The van der Waals surface area contributed by atoms with Crippen LogP contribution in [0.1, 0.15) is 29.7 Å². The smallest absolute Gasteiger partial charge is 0.104 e. The molecule has 1 rings (SSSR count). The molecule has 0 aliphatic heterocycles. The van der Waals surface area contributed by atoms with Gasteiger partial charge in [-0.05, 0) is 32.9 Å². The lowest BCUT2D eigenvalue weighted by Gasteiger charge is -2.17. The highest BCUT2D eigenvalue weighted by Gasteiger charge is 2.13. The molecule has 3 heteroatoms. The summed E-state index contributed by atoms with van der Waals surface area (Å²) in [5, 5.41) is 0. The predicted octanol–water partition coefficient (Wildman–Crippen LogP) is 2.48. The quantitative estimate of drug-likeness (QED) is 0.808. The van der Waals surface area contributed by atoms with E-state index in [2.05, 4.69) is 19.1 Å². The molecule has 1 atom stereocenters. The van der Waals surface area contributed by atoms with Gasteiger partial charge in [-0.15, -0.1) is 11.3 Å². The Kier molecular flexibility index (Phi) is 3.90. The Morgan fingerprint density at radius 3 is 2.54 bits per heavy atom. The van der Waals surface area contributed by atoms with Crippen LogP contribution in [-0.2, 0) is 4.74 Å². The maximum atomic E-state index is 5.68. The van der Waals surface area contributed by atoms with Crippen molar-refractivity contribution in [3.8, 4) is 0 Å². The number of thiophene rings is 1. The Labute approximate surface area is 83.7 Å². The number of nitrogens with two attached hydrogens (primary N) is 1. The summed E-state index contributed by atoms with van der Waals surface area (Å²) in [6, 6.07) is 4.20. The zero-order valence-electron chi connectivity index (χ0n) is 8.41. The van der Waals surface area contributed by atoms with E-state index in [1.165, 1.54) is 9.75 Å². The second-order valence-electron chi connectivity index (χ2n) is 3.36. The molecule has 0 saturated heterocycles. The Bertz CT molecular complexity index is 257. The SMILES string of the molecule is Cc1ccc(C(CN)OC(C)C)s1. The summed E-state index contributed by atoms with van der Waals surface area (Å²) in [5.41, 5.74) is 5.64. The fourth-order valence-corrected chi connectivity index (χ4v) is 2.12. The van der Waals surface area contributed by atoms with Gasteiger partial charge in [0.1, 0.15) is 6.10 Å². The molecule has 13 heavy (non-hydrogen) atoms. The molecule has 1 aromatic heterocycles. The lowest BCUT2D eigenvalue weighted by molar-refractivity contribution is 0.0140. The van der Waals surface area contributed by atoms with Gasteiger partial charge in [-0.1, -0.05) is 0 Å². The van der Waals surface area contributed by atoms with Crippen molar-refractivity contribution in [3.63, 3.8) is 0 Å². The van der Waals surface area contributed by atoms with E-state index < -0.39 is 0 Å². The zero-order valence-corrected chi connectivity index (χ0v) is 9.23. The molecule has 1 aromatic rings. The molecule has 0 amide bonds. The molecule has 0 spiro atoms. The Hall–Kier alpha value is -0.380. The molecule has 0 aliphatic carbocycles. The van der Waals surface area contributed by atoms with Crippen molar-refractivity contribution >= 4 is 11.3 Å². The van der Waals surface area contributed by atoms with Gasteiger partial charge < -0.3 is 10.5 Å². The van der Waals surface area contributed by atoms with Gasteiger partial charge in [0, 0.05) is 16.3 Å². The summed E-state index contributed by atoms with van der Waals surface area (Å²) in [5.74, 6) is 0. The van der Waals surface area contributed by atoms with Crippen LogP contribution in [0.25, 0.3) is 0 Å². The van der Waals surface area contributed by atoms with Crippen LogP contribution in [0.5, 0.6) is 0 Å². The molecule has 2 N–H and O–H groups in total. The minimum absolute atomic E-state index is 0.0682. The lowest BCUT2D eigenvalue weighted by atomic mass is 10.3. The second-order valence-corrected chi connectivity index (χ2v) is 4.68.